The molecule has 6 heteroatoms. The summed E-state index contributed by atoms with van der Waals surface area (Å²) in [4.78, 5) is 4.34. The van der Waals surface area contributed by atoms with Gasteiger partial charge in [0.25, 0.3) is 0 Å². The predicted molar refractivity (Wildman–Crippen MR) is 78.7 cm³/mol. The van der Waals surface area contributed by atoms with Crippen molar-refractivity contribution in [2.24, 2.45) is 0 Å². The summed E-state index contributed by atoms with van der Waals surface area (Å²) in [5.74, 6) is 0. The van der Waals surface area contributed by atoms with Crippen LogP contribution in [-0.2, 0) is 16.4 Å². The maximum atomic E-state index is 12.1. The number of hydrogen-bond acceptors (Lipinski definition) is 4. The molecule has 0 fully saturated rings. The summed E-state index contributed by atoms with van der Waals surface area (Å²) in [6.07, 6.45) is 2.23. The topological polar surface area (TPSA) is 85.1 Å². The Hall–Kier alpha value is -1.92. The number of rotatable bonds is 5. The van der Waals surface area contributed by atoms with Gasteiger partial charge in [0.15, 0.2) is 0 Å². The Labute approximate surface area is 118 Å². The van der Waals surface area contributed by atoms with E-state index in [1.807, 2.05) is 25.1 Å². The Morgan fingerprint density at radius 3 is 2.70 bits per heavy atom. The zero-order chi connectivity index (χ0) is 14.6. The van der Waals surface area contributed by atoms with Crippen LogP contribution in [0.15, 0.2) is 47.5 Å². The summed E-state index contributed by atoms with van der Waals surface area (Å²) < 4.78 is 26.8. The molecule has 0 bridgehead atoms. The summed E-state index contributed by atoms with van der Waals surface area (Å²) in [7, 11) is -3.53. The molecule has 0 spiro atoms. The Morgan fingerprint density at radius 2 is 2.05 bits per heavy atom. The van der Waals surface area contributed by atoms with Gasteiger partial charge in [-0.1, -0.05) is 6.07 Å². The largest absolute Gasteiger partial charge is 0.399 e. The number of anilines is 1. The van der Waals surface area contributed by atoms with E-state index in [1.165, 1.54) is 6.07 Å². The minimum atomic E-state index is -3.53. The molecule has 1 heterocycles. The highest BCUT2D eigenvalue weighted by molar-refractivity contribution is 7.89. The van der Waals surface area contributed by atoms with Gasteiger partial charge in [-0.3, -0.25) is 4.98 Å². The van der Waals surface area contributed by atoms with Crippen molar-refractivity contribution in [1.82, 2.24) is 9.71 Å². The van der Waals surface area contributed by atoms with Crippen molar-refractivity contribution in [3.63, 3.8) is 0 Å². The monoisotopic (exact) mass is 291 g/mol. The Balaban J connectivity index is 2.04. The van der Waals surface area contributed by atoms with Gasteiger partial charge in [0.2, 0.25) is 10.0 Å². The Kier molecular flexibility index (Phi) is 4.36. The maximum absolute atomic E-state index is 12.1. The third-order valence-electron chi connectivity index (χ3n) is 2.78. The van der Waals surface area contributed by atoms with Crippen LogP contribution in [0.5, 0.6) is 0 Å². The number of aryl methyl sites for hydroxylation is 1. The molecule has 1 aromatic carbocycles. The maximum Gasteiger partial charge on any atom is 0.240 e. The zero-order valence-corrected chi connectivity index (χ0v) is 12.0. The van der Waals surface area contributed by atoms with Gasteiger partial charge in [0, 0.05) is 30.5 Å². The van der Waals surface area contributed by atoms with Crippen molar-refractivity contribution in [2.45, 2.75) is 18.2 Å². The van der Waals surface area contributed by atoms with E-state index in [0.717, 1.165) is 11.3 Å². The van der Waals surface area contributed by atoms with Crippen LogP contribution in [0.4, 0.5) is 5.69 Å². The van der Waals surface area contributed by atoms with Gasteiger partial charge in [-0.05, 0) is 42.8 Å². The number of nitrogens with two attached hydrogens (primary N) is 1. The van der Waals surface area contributed by atoms with E-state index < -0.39 is 10.0 Å². The molecule has 0 saturated heterocycles. The van der Waals surface area contributed by atoms with Crippen LogP contribution in [0.3, 0.4) is 0 Å². The molecular formula is C14H17N3O2S. The van der Waals surface area contributed by atoms with Crippen molar-refractivity contribution in [2.75, 3.05) is 12.3 Å². The number of sulfonamides is 1. The normalized spacial score (nSPS) is 11.4. The van der Waals surface area contributed by atoms with Crippen molar-refractivity contribution in [1.29, 1.82) is 0 Å². The van der Waals surface area contributed by atoms with Gasteiger partial charge in [-0.25, -0.2) is 13.1 Å². The number of pyridine rings is 1. The lowest BCUT2D eigenvalue weighted by atomic mass is 10.2. The molecule has 0 saturated carbocycles. The van der Waals surface area contributed by atoms with Crippen molar-refractivity contribution >= 4 is 15.7 Å². The second kappa shape index (κ2) is 6.02. The van der Waals surface area contributed by atoms with Gasteiger partial charge >= 0.3 is 0 Å². The number of aromatic nitrogens is 1. The minimum absolute atomic E-state index is 0.191. The zero-order valence-electron chi connectivity index (χ0n) is 11.2. The van der Waals surface area contributed by atoms with Gasteiger partial charge in [-0.15, -0.1) is 0 Å². The first kappa shape index (κ1) is 14.5. The predicted octanol–water partition coefficient (Wildman–Crippen LogP) is 1.49. The molecule has 3 N–H and O–H groups in total. The standard InChI is InChI=1S/C14H17N3O2S/c1-11-8-12(15)10-14(9-11)20(18,19)17-7-5-13-4-2-3-6-16-13/h2-4,6,8-10,17H,5,7,15H2,1H3. The lowest BCUT2D eigenvalue weighted by Crippen LogP contribution is -2.26. The summed E-state index contributed by atoms with van der Waals surface area (Å²) in [5, 5.41) is 0. The van der Waals surface area contributed by atoms with Crippen molar-refractivity contribution in [3.05, 3.63) is 53.9 Å². The molecule has 0 unspecified atom stereocenters. The molecule has 2 rings (SSSR count). The molecule has 20 heavy (non-hydrogen) atoms. The van der Waals surface area contributed by atoms with E-state index in [0.29, 0.717) is 18.7 Å². The minimum Gasteiger partial charge on any atom is -0.399 e. The summed E-state index contributed by atoms with van der Waals surface area (Å²) in [6, 6.07) is 10.3. The van der Waals surface area contributed by atoms with Crippen LogP contribution < -0.4 is 10.5 Å². The highest BCUT2D eigenvalue weighted by Crippen LogP contribution is 2.15. The van der Waals surface area contributed by atoms with Crippen molar-refractivity contribution in [3.8, 4) is 0 Å². The molecule has 0 atom stereocenters. The van der Waals surface area contributed by atoms with Crippen LogP contribution in [-0.4, -0.2) is 19.9 Å². The van der Waals surface area contributed by atoms with Crippen LogP contribution in [0.2, 0.25) is 0 Å². The van der Waals surface area contributed by atoms with Gasteiger partial charge < -0.3 is 5.73 Å². The Morgan fingerprint density at radius 1 is 1.25 bits per heavy atom. The Bertz CT molecular complexity index is 665. The van der Waals surface area contributed by atoms with E-state index in [9.17, 15) is 8.42 Å². The summed E-state index contributed by atoms with van der Waals surface area (Å²) >= 11 is 0. The molecule has 2 aromatic rings. The number of hydrogen-bond donors (Lipinski definition) is 2. The molecule has 5 nitrogen and oxygen atoms in total. The highest BCUT2D eigenvalue weighted by Gasteiger charge is 2.14. The van der Waals surface area contributed by atoms with E-state index in [2.05, 4.69) is 9.71 Å². The highest BCUT2D eigenvalue weighted by atomic mass is 32.2. The third-order valence-corrected chi connectivity index (χ3v) is 4.22. The molecule has 0 aliphatic carbocycles. The number of nitrogens with one attached hydrogen (secondary N) is 1. The molecule has 0 aliphatic heterocycles. The molecule has 0 aliphatic rings. The fourth-order valence-corrected chi connectivity index (χ4v) is 3.04. The SMILES string of the molecule is Cc1cc(N)cc(S(=O)(=O)NCCc2ccccn2)c1. The second-order valence-corrected chi connectivity index (χ2v) is 6.32. The van der Waals surface area contributed by atoms with E-state index in [-0.39, 0.29) is 4.90 Å². The van der Waals surface area contributed by atoms with E-state index >= 15 is 0 Å². The summed E-state index contributed by atoms with van der Waals surface area (Å²) in [6.45, 7) is 2.11. The average molecular weight is 291 g/mol. The van der Waals surface area contributed by atoms with Gasteiger partial charge in [0.1, 0.15) is 0 Å². The third kappa shape index (κ3) is 3.79. The van der Waals surface area contributed by atoms with Gasteiger partial charge in [-0.2, -0.15) is 0 Å². The van der Waals surface area contributed by atoms with Crippen LogP contribution in [0, 0.1) is 6.92 Å². The average Bonchev–Trinajstić information content (AvgIpc) is 2.38. The smallest absolute Gasteiger partial charge is 0.240 e. The molecule has 106 valence electrons. The summed E-state index contributed by atoms with van der Waals surface area (Å²) in [5.41, 5.74) is 7.77. The van der Waals surface area contributed by atoms with Crippen LogP contribution in [0.1, 0.15) is 11.3 Å². The lowest BCUT2D eigenvalue weighted by Gasteiger charge is -2.08. The second-order valence-electron chi connectivity index (χ2n) is 4.55. The number of nitrogen functional groups attached to an aromatic ring is 1. The van der Waals surface area contributed by atoms with E-state index in [1.54, 1.807) is 18.3 Å². The number of benzene rings is 1. The van der Waals surface area contributed by atoms with Crippen LogP contribution >= 0.6 is 0 Å². The quantitative estimate of drug-likeness (QED) is 0.817. The fraction of sp³-hybridized carbons (Fsp3) is 0.214. The first-order valence-electron chi connectivity index (χ1n) is 6.24. The van der Waals surface area contributed by atoms with Crippen LogP contribution in [0.25, 0.3) is 0 Å². The van der Waals surface area contributed by atoms with Gasteiger partial charge in [0.05, 0.1) is 4.90 Å². The fourth-order valence-electron chi connectivity index (χ4n) is 1.87. The van der Waals surface area contributed by atoms with Crippen molar-refractivity contribution < 1.29 is 8.42 Å². The first-order valence-corrected chi connectivity index (χ1v) is 7.72. The van der Waals surface area contributed by atoms with E-state index in [4.69, 9.17) is 5.73 Å². The molecular weight excluding hydrogens is 274 g/mol. The first-order chi connectivity index (χ1) is 9.47. The molecule has 0 radical (unpaired) electrons. The molecule has 1 aromatic heterocycles. The lowest BCUT2D eigenvalue weighted by molar-refractivity contribution is 0.581. The number of nitrogens with zero attached hydrogens (tertiary/aromatic N) is 1. The molecule has 0 amide bonds.